The number of nitrogens with one attached hydrogen (secondary N) is 2. The number of carboxylic acid groups (broad SMARTS) is 2. The molecule has 16 heteroatoms. The summed E-state index contributed by atoms with van der Waals surface area (Å²) >= 11 is 5.97. The minimum atomic E-state index is -1.03. The van der Waals surface area contributed by atoms with Crippen LogP contribution in [0.4, 0.5) is 10.1 Å². The van der Waals surface area contributed by atoms with Crippen LogP contribution in [0.1, 0.15) is 117 Å². The van der Waals surface area contributed by atoms with E-state index >= 15 is 0 Å². The van der Waals surface area contributed by atoms with Crippen molar-refractivity contribution in [1.82, 2.24) is 10.6 Å². The Hall–Kier alpha value is -6.66. The lowest BCUT2D eigenvalue weighted by molar-refractivity contribution is -0.125. The first-order valence-electron chi connectivity index (χ1n) is 20.7. The van der Waals surface area contributed by atoms with E-state index in [0.717, 1.165) is 34.9 Å². The number of amides is 4. The number of anilines is 1. The Kier molecular flexibility index (Phi) is 14.3. The molecule has 4 aliphatic rings. The van der Waals surface area contributed by atoms with E-state index in [2.05, 4.69) is 26.5 Å². The number of hydrogen-bond donors (Lipinski definition) is 4. The smallest absolute Gasteiger partial charge is 0.336 e. The van der Waals surface area contributed by atoms with Crippen molar-refractivity contribution in [3.05, 3.63) is 104 Å². The SMILES string of the molecule is C#CC(C)Oc1cc(N2C(=O)C3=C(CCCC3)C2=O)c(F)cc1Cl.Cc1ccc(C(=O)O)c(C2=NC(C)(C(C)C)C(=O)N2)c1.Cc1ccc(C2=NC(C)(C(C)C)C(=O)N2)c(C(=O)O)c1. The number of aromatic carboxylic acids is 2. The van der Waals surface area contributed by atoms with Gasteiger partial charge in [-0.15, -0.1) is 6.42 Å². The molecule has 0 saturated carbocycles. The number of aryl methyl sites for hydroxylation is 2. The van der Waals surface area contributed by atoms with Crippen molar-refractivity contribution in [2.24, 2.45) is 21.8 Å². The lowest BCUT2D eigenvalue weighted by atomic mass is 9.89. The maximum atomic E-state index is 14.4. The molecule has 4 N–H and O–H groups in total. The van der Waals surface area contributed by atoms with Gasteiger partial charge in [-0.2, -0.15) is 0 Å². The van der Waals surface area contributed by atoms with Crippen molar-refractivity contribution in [2.75, 3.05) is 4.90 Å². The van der Waals surface area contributed by atoms with Crippen LogP contribution < -0.4 is 20.3 Å². The summed E-state index contributed by atoms with van der Waals surface area (Å²) in [7, 11) is 0. The first-order chi connectivity index (χ1) is 29.9. The largest absolute Gasteiger partial charge is 0.478 e. The fraction of sp³-hybridized carbons (Fsp3) is 0.375. The molecule has 7 rings (SSSR count). The lowest BCUT2D eigenvalue weighted by Crippen LogP contribution is -2.41. The third-order valence-corrected chi connectivity index (χ3v) is 12.1. The average Bonchev–Trinajstić information content (AvgIpc) is 3.82. The number of hydrogen-bond acceptors (Lipinski definition) is 9. The number of terminal acetylenes is 1. The normalized spacial score (nSPS) is 20.6. The Morgan fingerprint density at radius 1 is 0.781 bits per heavy atom. The third kappa shape index (κ3) is 9.62. The number of ether oxygens (including phenoxy) is 1. The van der Waals surface area contributed by atoms with Crippen molar-refractivity contribution in [3.8, 4) is 18.1 Å². The molecule has 336 valence electrons. The summed E-state index contributed by atoms with van der Waals surface area (Å²) in [5.41, 5.74) is 2.06. The van der Waals surface area contributed by atoms with Crippen molar-refractivity contribution in [2.45, 2.75) is 105 Å². The summed E-state index contributed by atoms with van der Waals surface area (Å²) in [6.45, 7) is 16.5. The fourth-order valence-electron chi connectivity index (χ4n) is 7.17. The summed E-state index contributed by atoms with van der Waals surface area (Å²) in [6.07, 6.45) is 7.47. The second kappa shape index (κ2) is 19.0. The summed E-state index contributed by atoms with van der Waals surface area (Å²) in [5, 5.41) is 24.0. The molecule has 3 aromatic carbocycles. The number of carbonyl (C=O) groups is 6. The Morgan fingerprint density at radius 2 is 1.27 bits per heavy atom. The van der Waals surface area contributed by atoms with Gasteiger partial charge in [-0.25, -0.2) is 18.9 Å². The standard InChI is InChI=1S/C18H15ClFNO3.2C15H18N2O3/c1-3-10(2)24-16-9-15(14(20)8-13(16)19)21-17(22)11-6-4-5-7-12(11)18(21)23;1-8(2)15(4)14(20)16-12(17-15)11-7-9(3)5-6-10(11)13(18)19;1-8(2)15(4)14(20)16-12(17-15)10-6-5-9(3)7-11(10)13(18)19/h1,8-10H,4-7H2,2H3;2*5-8H,1-4H3,(H,18,19)(H,16,17,20). The van der Waals surface area contributed by atoms with Gasteiger partial charge in [-0.1, -0.05) is 74.5 Å². The van der Waals surface area contributed by atoms with Gasteiger partial charge in [0.05, 0.1) is 21.8 Å². The molecule has 0 bridgehead atoms. The molecular formula is C48H51ClFN5O9. The number of carbonyl (C=O) groups excluding carboxylic acids is 4. The molecule has 0 spiro atoms. The van der Waals surface area contributed by atoms with Crippen molar-refractivity contribution in [1.29, 1.82) is 0 Å². The van der Waals surface area contributed by atoms with E-state index in [-0.39, 0.29) is 51.2 Å². The zero-order valence-corrected chi connectivity index (χ0v) is 37.9. The highest BCUT2D eigenvalue weighted by Gasteiger charge is 2.44. The van der Waals surface area contributed by atoms with Gasteiger partial charge in [-0.05, 0) is 96.4 Å². The predicted molar refractivity (Wildman–Crippen MR) is 240 cm³/mol. The third-order valence-electron chi connectivity index (χ3n) is 11.8. The molecule has 14 nitrogen and oxygen atoms in total. The van der Waals surface area contributed by atoms with Crippen LogP contribution >= 0.6 is 11.6 Å². The topological polar surface area (TPSA) is 204 Å². The van der Waals surface area contributed by atoms with E-state index in [1.807, 2.05) is 47.6 Å². The number of halogens is 2. The van der Waals surface area contributed by atoms with E-state index in [1.54, 1.807) is 45.0 Å². The second-order valence-corrected chi connectivity index (χ2v) is 17.3. The number of aliphatic imine (C=N–C) groups is 2. The lowest BCUT2D eigenvalue weighted by Gasteiger charge is -2.21. The van der Waals surface area contributed by atoms with Crippen LogP contribution in [-0.2, 0) is 19.2 Å². The number of amidine groups is 2. The van der Waals surface area contributed by atoms with Gasteiger partial charge in [0.15, 0.2) is 6.10 Å². The molecule has 0 radical (unpaired) electrons. The summed E-state index contributed by atoms with van der Waals surface area (Å²) in [4.78, 5) is 81.7. The van der Waals surface area contributed by atoms with E-state index in [9.17, 15) is 43.4 Å². The molecule has 3 aliphatic heterocycles. The molecular weight excluding hydrogens is 845 g/mol. The molecule has 4 amide bonds. The second-order valence-electron chi connectivity index (χ2n) is 16.9. The predicted octanol–water partition coefficient (Wildman–Crippen LogP) is 7.59. The van der Waals surface area contributed by atoms with Crippen LogP contribution in [0.3, 0.4) is 0 Å². The minimum Gasteiger partial charge on any atom is -0.478 e. The fourth-order valence-corrected chi connectivity index (χ4v) is 7.37. The Balaban J connectivity index is 0.000000182. The molecule has 3 aromatic rings. The van der Waals surface area contributed by atoms with Gasteiger partial charge in [0, 0.05) is 28.3 Å². The maximum Gasteiger partial charge on any atom is 0.336 e. The quantitative estimate of drug-likeness (QED) is 0.123. The Bertz CT molecular complexity index is 2580. The van der Waals surface area contributed by atoms with E-state index < -0.39 is 46.8 Å². The van der Waals surface area contributed by atoms with Crippen molar-refractivity contribution >= 4 is 64.5 Å². The Labute approximate surface area is 376 Å². The van der Waals surface area contributed by atoms with E-state index in [0.29, 0.717) is 46.8 Å². The van der Waals surface area contributed by atoms with Crippen LogP contribution in [-0.4, -0.2) is 74.6 Å². The molecule has 0 saturated heterocycles. The number of nitrogens with zero attached hydrogens (tertiary/aromatic N) is 3. The van der Waals surface area contributed by atoms with Gasteiger partial charge < -0.3 is 25.6 Å². The maximum absolute atomic E-state index is 14.4. The van der Waals surface area contributed by atoms with Gasteiger partial charge >= 0.3 is 11.9 Å². The van der Waals surface area contributed by atoms with Crippen LogP contribution in [0.5, 0.6) is 5.75 Å². The molecule has 3 heterocycles. The zero-order valence-electron chi connectivity index (χ0n) is 37.1. The van der Waals surface area contributed by atoms with E-state index in [4.69, 9.17) is 22.8 Å². The molecule has 64 heavy (non-hydrogen) atoms. The van der Waals surface area contributed by atoms with Gasteiger partial charge in [0.2, 0.25) is 0 Å². The Morgan fingerprint density at radius 3 is 1.73 bits per heavy atom. The van der Waals surface area contributed by atoms with E-state index in [1.165, 1.54) is 12.1 Å². The summed E-state index contributed by atoms with van der Waals surface area (Å²) in [6, 6.07) is 12.3. The highest BCUT2D eigenvalue weighted by Crippen LogP contribution is 2.40. The van der Waals surface area contributed by atoms with Crippen molar-refractivity contribution < 1.29 is 48.1 Å². The first kappa shape index (κ1) is 48.4. The van der Waals surface area contributed by atoms with Gasteiger partial charge in [-0.3, -0.25) is 29.2 Å². The number of rotatable bonds is 9. The molecule has 0 aromatic heterocycles. The number of imide groups is 1. The molecule has 0 fully saturated rings. The monoisotopic (exact) mass is 895 g/mol. The molecule has 3 atom stereocenters. The summed E-state index contributed by atoms with van der Waals surface area (Å²) in [5.74, 6) is -0.914. The van der Waals surface area contributed by atoms with Gasteiger partial charge in [0.1, 0.15) is 34.3 Å². The highest BCUT2D eigenvalue weighted by molar-refractivity contribution is 6.34. The summed E-state index contributed by atoms with van der Waals surface area (Å²) < 4.78 is 19.8. The van der Waals surface area contributed by atoms with Crippen LogP contribution in [0, 0.1) is 43.8 Å². The first-order valence-corrected chi connectivity index (χ1v) is 21.1. The molecule has 3 unspecified atom stereocenters. The minimum absolute atomic E-state index is 0.0233. The zero-order chi connectivity index (χ0) is 47.6. The number of carboxylic acids is 2. The van der Waals surface area contributed by atoms with Crippen molar-refractivity contribution in [3.63, 3.8) is 0 Å². The van der Waals surface area contributed by atoms with Gasteiger partial charge in [0.25, 0.3) is 23.6 Å². The molecule has 1 aliphatic carbocycles. The van der Waals surface area contributed by atoms with Crippen LogP contribution in [0.2, 0.25) is 5.02 Å². The average molecular weight is 896 g/mol. The van der Waals surface area contributed by atoms with Crippen LogP contribution in [0.15, 0.2) is 69.7 Å². The highest BCUT2D eigenvalue weighted by atomic mass is 35.5. The number of benzene rings is 3. The van der Waals surface area contributed by atoms with Crippen LogP contribution in [0.25, 0.3) is 0 Å².